The quantitative estimate of drug-likeness (QED) is 0.455. The van der Waals surface area contributed by atoms with E-state index < -0.39 is 24.4 Å². The van der Waals surface area contributed by atoms with Crippen molar-refractivity contribution >= 4 is 23.6 Å². The number of para-hydroxylation sites is 1. The van der Waals surface area contributed by atoms with Gasteiger partial charge in [0.05, 0.1) is 18.2 Å². The number of methoxy groups -OCH3 is 1. The van der Waals surface area contributed by atoms with Gasteiger partial charge in [-0.05, 0) is 25.1 Å². The predicted octanol–water partition coefficient (Wildman–Crippen LogP) is 3.35. The summed E-state index contributed by atoms with van der Waals surface area (Å²) in [6, 6.07) is 19.6. The average Bonchev–Trinajstić information content (AvgIpc) is 2.82. The maximum Gasteiger partial charge on any atom is 0.339 e. The van der Waals surface area contributed by atoms with Gasteiger partial charge in [0.1, 0.15) is 5.75 Å². The number of imide groups is 1. The van der Waals surface area contributed by atoms with Gasteiger partial charge in [-0.1, -0.05) is 60.2 Å². The van der Waals surface area contributed by atoms with Gasteiger partial charge in [-0.3, -0.25) is 19.7 Å². The van der Waals surface area contributed by atoms with Gasteiger partial charge in [-0.2, -0.15) is 0 Å². The summed E-state index contributed by atoms with van der Waals surface area (Å²) >= 11 is 0. The summed E-state index contributed by atoms with van der Waals surface area (Å²) in [4.78, 5) is 49.8. The van der Waals surface area contributed by atoms with Crippen LogP contribution in [0.2, 0.25) is 0 Å². The number of ketones is 1. The molecule has 0 aliphatic rings. The smallest absolute Gasteiger partial charge is 0.339 e. The number of amides is 2. The summed E-state index contributed by atoms with van der Waals surface area (Å²) in [5.41, 5.74) is 1.79. The Kier molecular flexibility index (Phi) is 7.13. The molecular formula is C25H21NO6. The second-order valence-electron chi connectivity index (χ2n) is 6.89. The zero-order valence-corrected chi connectivity index (χ0v) is 17.6. The lowest BCUT2D eigenvalue weighted by molar-refractivity contribution is -0.123. The second-order valence-corrected chi connectivity index (χ2v) is 6.89. The minimum Gasteiger partial charge on any atom is -0.496 e. The van der Waals surface area contributed by atoms with Crippen molar-refractivity contribution in [1.29, 1.82) is 0 Å². The van der Waals surface area contributed by atoms with Gasteiger partial charge in [0.15, 0.2) is 12.4 Å². The molecule has 0 saturated carbocycles. The van der Waals surface area contributed by atoms with E-state index >= 15 is 0 Å². The first-order valence-electron chi connectivity index (χ1n) is 9.75. The van der Waals surface area contributed by atoms with E-state index in [2.05, 4.69) is 5.32 Å². The molecule has 0 bridgehead atoms. The van der Waals surface area contributed by atoms with Crippen molar-refractivity contribution in [1.82, 2.24) is 5.32 Å². The van der Waals surface area contributed by atoms with Crippen LogP contribution in [0.5, 0.6) is 5.75 Å². The summed E-state index contributed by atoms with van der Waals surface area (Å²) < 4.78 is 10.1. The Morgan fingerprint density at radius 3 is 2.03 bits per heavy atom. The fourth-order valence-corrected chi connectivity index (χ4v) is 2.99. The van der Waals surface area contributed by atoms with E-state index in [1.165, 1.54) is 25.3 Å². The molecule has 0 unspecified atom stereocenters. The molecule has 0 atom stereocenters. The number of hydrogen-bond donors (Lipinski definition) is 1. The standard InChI is InChI=1S/C25H21NO6/c1-16-11-13-17(14-12-16)23(28)18-7-3-4-8-19(18)25(30)32-15-22(27)26-24(29)20-9-5-6-10-21(20)31-2/h3-14H,15H2,1-2H3,(H,26,27,29). The van der Waals surface area contributed by atoms with E-state index in [-0.39, 0.29) is 22.5 Å². The Hall–Kier alpha value is -4.26. The number of carbonyl (C=O) groups excluding carboxylic acids is 4. The number of hydrogen-bond acceptors (Lipinski definition) is 6. The van der Waals surface area contributed by atoms with Gasteiger partial charge in [-0.15, -0.1) is 0 Å². The van der Waals surface area contributed by atoms with Crippen LogP contribution in [-0.2, 0) is 9.53 Å². The Labute approximate surface area is 185 Å². The number of nitrogens with one attached hydrogen (secondary N) is 1. The van der Waals surface area contributed by atoms with Crippen molar-refractivity contribution in [2.24, 2.45) is 0 Å². The van der Waals surface area contributed by atoms with Crippen LogP contribution >= 0.6 is 0 Å². The van der Waals surface area contributed by atoms with Crippen molar-refractivity contribution in [2.45, 2.75) is 6.92 Å². The molecular weight excluding hydrogens is 410 g/mol. The highest BCUT2D eigenvalue weighted by Gasteiger charge is 2.21. The average molecular weight is 431 g/mol. The van der Waals surface area contributed by atoms with E-state index in [9.17, 15) is 19.2 Å². The maximum absolute atomic E-state index is 12.8. The normalized spacial score (nSPS) is 10.2. The zero-order valence-electron chi connectivity index (χ0n) is 17.6. The molecule has 3 aromatic rings. The van der Waals surface area contributed by atoms with Crippen molar-refractivity contribution in [3.05, 3.63) is 101 Å². The fourth-order valence-electron chi connectivity index (χ4n) is 2.99. The molecule has 0 aliphatic heterocycles. The van der Waals surface area contributed by atoms with Gasteiger partial charge in [0.25, 0.3) is 11.8 Å². The van der Waals surface area contributed by atoms with Crippen LogP contribution < -0.4 is 10.1 Å². The third-order valence-corrected chi connectivity index (χ3v) is 4.64. The van der Waals surface area contributed by atoms with Gasteiger partial charge in [0, 0.05) is 11.1 Å². The molecule has 1 N–H and O–H groups in total. The first-order valence-corrected chi connectivity index (χ1v) is 9.75. The molecule has 3 rings (SSSR count). The van der Waals surface area contributed by atoms with E-state index in [1.807, 2.05) is 6.92 Å². The van der Waals surface area contributed by atoms with Gasteiger partial charge < -0.3 is 9.47 Å². The van der Waals surface area contributed by atoms with E-state index in [4.69, 9.17) is 9.47 Å². The summed E-state index contributed by atoms with van der Waals surface area (Å²) in [6.07, 6.45) is 0. The molecule has 0 aromatic heterocycles. The molecule has 162 valence electrons. The van der Waals surface area contributed by atoms with Crippen LogP contribution in [0.3, 0.4) is 0 Å². The van der Waals surface area contributed by atoms with E-state index in [0.717, 1.165) is 5.56 Å². The number of esters is 1. The minimum atomic E-state index is -0.846. The van der Waals surface area contributed by atoms with Crippen LogP contribution in [0.4, 0.5) is 0 Å². The second kappa shape index (κ2) is 10.2. The van der Waals surface area contributed by atoms with Gasteiger partial charge in [0.2, 0.25) is 0 Å². The summed E-state index contributed by atoms with van der Waals surface area (Å²) in [5.74, 6) is -2.37. The van der Waals surface area contributed by atoms with Gasteiger partial charge in [-0.25, -0.2) is 4.79 Å². The highest BCUT2D eigenvalue weighted by Crippen LogP contribution is 2.18. The molecule has 0 heterocycles. The number of ether oxygens (including phenoxy) is 2. The highest BCUT2D eigenvalue weighted by atomic mass is 16.5. The molecule has 0 spiro atoms. The van der Waals surface area contributed by atoms with Crippen LogP contribution in [-0.4, -0.2) is 37.3 Å². The lowest BCUT2D eigenvalue weighted by atomic mass is 9.98. The lowest BCUT2D eigenvalue weighted by Gasteiger charge is -2.10. The number of rotatable bonds is 7. The molecule has 0 fully saturated rings. The minimum absolute atomic E-state index is 0.0296. The SMILES string of the molecule is COc1ccccc1C(=O)NC(=O)COC(=O)c1ccccc1C(=O)c1ccc(C)cc1. The first kappa shape index (κ1) is 22.4. The van der Waals surface area contributed by atoms with Crippen molar-refractivity contribution in [2.75, 3.05) is 13.7 Å². The van der Waals surface area contributed by atoms with Gasteiger partial charge >= 0.3 is 5.97 Å². The molecule has 0 radical (unpaired) electrons. The summed E-state index contributed by atoms with van der Waals surface area (Å²) in [7, 11) is 1.41. The van der Waals surface area contributed by atoms with Crippen LogP contribution in [0.25, 0.3) is 0 Å². The fraction of sp³-hybridized carbons (Fsp3) is 0.120. The van der Waals surface area contributed by atoms with Crippen LogP contribution in [0.1, 0.15) is 42.2 Å². The largest absolute Gasteiger partial charge is 0.496 e. The molecule has 0 aliphatic carbocycles. The summed E-state index contributed by atoms with van der Waals surface area (Å²) in [6.45, 7) is 1.22. The zero-order chi connectivity index (χ0) is 23.1. The Bertz CT molecular complexity index is 1170. The monoisotopic (exact) mass is 431 g/mol. The van der Waals surface area contributed by atoms with Crippen LogP contribution in [0, 0.1) is 6.92 Å². The number of benzene rings is 3. The van der Waals surface area contributed by atoms with Crippen molar-refractivity contribution in [3.8, 4) is 5.75 Å². The third kappa shape index (κ3) is 5.26. The Morgan fingerprint density at radius 1 is 0.781 bits per heavy atom. The highest BCUT2D eigenvalue weighted by molar-refractivity contribution is 6.14. The van der Waals surface area contributed by atoms with Crippen LogP contribution in [0.15, 0.2) is 72.8 Å². The molecule has 7 heteroatoms. The number of aryl methyl sites for hydroxylation is 1. The predicted molar refractivity (Wildman–Crippen MR) is 117 cm³/mol. The van der Waals surface area contributed by atoms with Crippen molar-refractivity contribution < 1.29 is 28.7 Å². The number of carbonyl (C=O) groups is 4. The molecule has 3 aromatic carbocycles. The maximum atomic E-state index is 12.8. The molecule has 32 heavy (non-hydrogen) atoms. The lowest BCUT2D eigenvalue weighted by Crippen LogP contribution is -2.34. The van der Waals surface area contributed by atoms with E-state index in [1.54, 1.807) is 54.6 Å². The molecule has 7 nitrogen and oxygen atoms in total. The topological polar surface area (TPSA) is 98.8 Å². The Balaban J connectivity index is 1.66. The third-order valence-electron chi connectivity index (χ3n) is 4.64. The molecule has 2 amide bonds. The van der Waals surface area contributed by atoms with Crippen molar-refractivity contribution in [3.63, 3.8) is 0 Å². The molecule has 0 saturated heterocycles. The van der Waals surface area contributed by atoms with E-state index in [0.29, 0.717) is 11.3 Å². The first-order chi connectivity index (χ1) is 15.4. The Morgan fingerprint density at radius 2 is 1.38 bits per heavy atom. The summed E-state index contributed by atoms with van der Waals surface area (Å²) in [5, 5.41) is 2.14.